The SMILES string of the molecule is CC(C)c1cccc2c1CCCO2.CC(C)c1cncc2c1CCOC2. The molecular weight excluding hydrogens is 322 g/mol. The molecule has 0 spiro atoms. The fraction of sp³-hybridized carbons (Fsp3) is 0.522. The molecule has 0 fully saturated rings. The fourth-order valence-electron chi connectivity index (χ4n) is 3.79. The van der Waals surface area contributed by atoms with Crippen LogP contribution >= 0.6 is 0 Å². The van der Waals surface area contributed by atoms with Crippen LogP contribution in [0.25, 0.3) is 0 Å². The third-order valence-corrected chi connectivity index (χ3v) is 5.18. The van der Waals surface area contributed by atoms with E-state index in [4.69, 9.17) is 9.47 Å². The van der Waals surface area contributed by atoms with E-state index in [0.29, 0.717) is 11.8 Å². The minimum absolute atomic E-state index is 0.570. The second-order valence-corrected chi connectivity index (χ2v) is 7.75. The lowest BCUT2D eigenvalue weighted by molar-refractivity contribution is 0.110. The minimum Gasteiger partial charge on any atom is -0.493 e. The van der Waals surface area contributed by atoms with E-state index in [9.17, 15) is 0 Å². The van der Waals surface area contributed by atoms with Crippen molar-refractivity contribution < 1.29 is 9.47 Å². The van der Waals surface area contributed by atoms with Crippen LogP contribution in [-0.4, -0.2) is 18.2 Å². The number of benzene rings is 1. The van der Waals surface area contributed by atoms with Crippen molar-refractivity contribution in [3.05, 3.63) is 58.4 Å². The molecule has 0 saturated heterocycles. The Balaban J connectivity index is 0.000000151. The molecular formula is C23H31NO2. The normalized spacial score (nSPS) is 15.6. The average Bonchev–Trinajstić information content (AvgIpc) is 2.67. The molecule has 0 amide bonds. The maximum Gasteiger partial charge on any atom is 0.122 e. The van der Waals surface area contributed by atoms with Gasteiger partial charge in [-0.3, -0.25) is 4.98 Å². The Kier molecular flexibility index (Phi) is 6.31. The first-order valence-electron chi connectivity index (χ1n) is 9.86. The summed E-state index contributed by atoms with van der Waals surface area (Å²) in [5.74, 6) is 2.29. The lowest BCUT2D eigenvalue weighted by Gasteiger charge is -2.21. The van der Waals surface area contributed by atoms with E-state index in [0.717, 1.165) is 38.4 Å². The van der Waals surface area contributed by atoms with Crippen molar-refractivity contribution >= 4 is 0 Å². The zero-order valence-electron chi connectivity index (χ0n) is 16.5. The summed E-state index contributed by atoms with van der Waals surface area (Å²) in [6, 6.07) is 6.40. The van der Waals surface area contributed by atoms with E-state index in [2.05, 4.69) is 50.9 Å². The Labute approximate surface area is 157 Å². The van der Waals surface area contributed by atoms with E-state index >= 15 is 0 Å². The summed E-state index contributed by atoms with van der Waals surface area (Å²) < 4.78 is 11.0. The quantitative estimate of drug-likeness (QED) is 0.723. The van der Waals surface area contributed by atoms with Gasteiger partial charge in [-0.2, -0.15) is 0 Å². The molecule has 0 aliphatic carbocycles. The van der Waals surface area contributed by atoms with Crippen LogP contribution in [0.3, 0.4) is 0 Å². The van der Waals surface area contributed by atoms with Gasteiger partial charge in [0.1, 0.15) is 5.75 Å². The molecule has 2 aromatic rings. The number of ether oxygens (including phenoxy) is 2. The van der Waals surface area contributed by atoms with Crippen LogP contribution in [-0.2, 0) is 24.2 Å². The van der Waals surface area contributed by atoms with Gasteiger partial charge in [-0.1, -0.05) is 39.8 Å². The summed E-state index contributed by atoms with van der Waals surface area (Å²) in [5, 5.41) is 0. The van der Waals surface area contributed by atoms with Gasteiger partial charge in [-0.05, 0) is 65.0 Å². The lowest BCUT2D eigenvalue weighted by atomic mass is 9.93. The second-order valence-electron chi connectivity index (χ2n) is 7.75. The molecule has 0 bridgehead atoms. The van der Waals surface area contributed by atoms with Crippen molar-refractivity contribution in [2.75, 3.05) is 13.2 Å². The van der Waals surface area contributed by atoms with Gasteiger partial charge in [0.2, 0.25) is 0 Å². The molecule has 1 aromatic heterocycles. The van der Waals surface area contributed by atoms with Crippen LogP contribution < -0.4 is 4.74 Å². The van der Waals surface area contributed by atoms with Gasteiger partial charge in [0.05, 0.1) is 19.8 Å². The predicted molar refractivity (Wildman–Crippen MR) is 106 cm³/mol. The zero-order valence-corrected chi connectivity index (χ0v) is 16.5. The molecule has 3 heteroatoms. The summed E-state index contributed by atoms with van der Waals surface area (Å²) in [6.07, 6.45) is 7.32. The van der Waals surface area contributed by atoms with Gasteiger partial charge in [0.15, 0.2) is 0 Å². The number of fused-ring (bicyclic) bond motifs is 2. The number of pyridine rings is 1. The summed E-state index contributed by atoms with van der Waals surface area (Å²) in [7, 11) is 0. The molecule has 1 aromatic carbocycles. The molecule has 140 valence electrons. The molecule has 0 unspecified atom stereocenters. The van der Waals surface area contributed by atoms with Crippen LogP contribution in [0.15, 0.2) is 30.6 Å². The predicted octanol–water partition coefficient (Wildman–Crippen LogP) is 5.41. The Hall–Kier alpha value is -1.87. The largest absolute Gasteiger partial charge is 0.493 e. The molecule has 26 heavy (non-hydrogen) atoms. The van der Waals surface area contributed by atoms with Crippen molar-refractivity contribution in [1.29, 1.82) is 0 Å². The first-order chi connectivity index (χ1) is 12.6. The van der Waals surface area contributed by atoms with Crippen LogP contribution in [0.5, 0.6) is 5.75 Å². The number of nitrogens with zero attached hydrogens (tertiary/aromatic N) is 1. The maximum absolute atomic E-state index is 5.61. The van der Waals surface area contributed by atoms with Crippen LogP contribution in [0.4, 0.5) is 0 Å². The van der Waals surface area contributed by atoms with Crippen LogP contribution in [0.1, 0.15) is 73.8 Å². The Morgan fingerprint density at radius 1 is 0.885 bits per heavy atom. The number of aromatic nitrogens is 1. The molecule has 4 rings (SSSR count). The third kappa shape index (κ3) is 4.27. The number of rotatable bonds is 2. The van der Waals surface area contributed by atoms with Crippen molar-refractivity contribution in [2.24, 2.45) is 0 Å². The highest BCUT2D eigenvalue weighted by Gasteiger charge is 2.16. The van der Waals surface area contributed by atoms with Crippen molar-refractivity contribution in [3.8, 4) is 5.75 Å². The molecule has 2 aliphatic rings. The average molecular weight is 354 g/mol. The molecule has 0 N–H and O–H groups in total. The van der Waals surface area contributed by atoms with Crippen LogP contribution in [0, 0.1) is 0 Å². The van der Waals surface area contributed by atoms with E-state index < -0.39 is 0 Å². The topological polar surface area (TPSA) is 31.4 Å². The van der Waals surface area contributed by atoms with Crippen molar-refractivity contribution in [2.45, 2.75) is 65.4 Å². The minimum atomic E-state index is 0.570. The maximum atomic E-state index is 5.61. The lowest BCUT2D eigenvalue weighted by Crippen LogP contribution is -2.13. The van der Waals surface area contributed by atoms with Crippen LogP contribution in [0.2, 0.25) is 0 Å². The summed E-state index contributed by atoms with van der Waals surface area (Å²) in [4.78, 5) is 4.24. The molecule has 0 saturated carbocycles. The summed E-state index contributed by atoms with van der Waals surface area (Å²) >= 11 is 0. The second kappa shape index (κ2) is 8.68. The van der Waals surface area contributed by atoms with Gasteiger partial charge >= 0.3 is 0 Å². The number of hydrogen-bond acceptors (Lipinski definition) is 3. The smallest absolute Gasteiger partial charge is 0.122 e. The molecule has 3 nitrogen and oxygen atoms in total. The Morgan fingerprint density at radius 2 is 1.69 bits per heavy atom. The third-order valence-electron chi connectivity index (χ3n) is 5.18. The van der Waals surface area contributed by atoms with E-state index in [1.807, 2.05) is 12.4 Å². The van der Waals surface area contributed by atoms with Gasteiger partial charge in [0.25, 0.3) is 0 Å². The Morgan fingerprint density at radius 3 is 2.46 bits per heavy atom. The van der Waals surface area contributed by atoms with E-state index in [-0.39, 0.29) is 0 Å². The van der Waals surface area contributed by atoms with Gasteiger partial charge < -0.3 is 9.47 Å². The highest BCUT2D eigenvalue weighted by atomic mass is 16.5. The number of hydrogen-bond donors (Lipinski definition) is 0. The van der Waals surface area contributed by atoms with Gasteiger partial charge in [-0.25, -0.2) is 0 Å². The first kappa shape index (κ1) is 18.9. The van der Waals surface area contributed by atoms with Gasteiger partial charge in [-0.15, -0.1) is 0 Å². The van der Waals surface area contributed by atoms with Gasteiger partial charge in [0, 0.05) is 12.4 Å². The highest BCUT2D eigenvalue weighted by molar-refractivity contribution is 5.42. The molecule has 0 atom stereocenters. The molecule has 3 heterocycles. The fourth-order valence-corrected chi connectivity index (χ4v) is 3.79. The molecule has 2 aliphatic heterocycles. The zero-order chi connectivity index (χ0) is 18.5. The highest BCUT2D eigenvalue weighted by Crippen LogP contribution is 2.31. The summed E-state index contributed by atoms with van der Waals surface area (Å²) in [5.41, 5.74) is 7.02. The standard InChI is InChI=1S/C12H16O.C11H15NO/c1-9(2)10-5-3-7-12-11(10)6-4-8-13-12;1-8(2)11-6-12-5-9-7-13-4-3-10(9)11/h3,5,7,9H,4,6,8H2,1-2H3;5-6,8H,3-4,7H2,1-2H3. The van der Waals surface area contributed by atoms with E-state index in [1.165, 1.54) is 34.2 Å². The monoisotopic (exact) mass is 353 g/mol. The summed E-state index contributed by atoms with van der Waals surface area (Å²) in [6.45, 7) is 11.4. The Bertz CT molecular complexity index is 673. The first-order valence-corrected chi connectivity index (χ1v) is 9.86. The van der Waals surface area contributed by atoms with E-state index in [1.54, 1.807) is 0 Å². The molecule has 0 radical (unpaired) electrons. The van der Waals surface area contributed by atoms with Crippen molar-refractivity contribution in [3.63, 3.8) is 0 Å². The van der Waals surface area contributed by atoms with Crippen molar-refractivity contribution in [1.82, 2.24) is 4.98 Å².